The fourth-order valence-electron chi connectivity index (χ4n) is 3.97. The van der Waals surface area contributed by atoms with E-state index in [9.17, 15) is 9.59 Å². The van der Waals surface area contributed by atoms with E-state index in [1.807, 2.05) is 47.8 Å². The zero-order valence-corrected chi connectivity index (χ0v) is 20.3. The van der Waals surface area contributed by atoms with E-state index in [0.717, 1.165) is 10.6 Å². The molecule has 0 fully saturated rings. The van der Waals surface area contributed by atoms with Crippen molar-refractivity contribution in [3.63, 3.8) is 0 Å². The van der Waals surface area contributed by atoms with Crippen LogP contribution in [0, 0.1) is 9.54 Å². The molecule has 0 atom stereocenters. The molecular formula is C22H18N8O2S3. The molecule has 1 aromatic carbocycles. The van der Waals surface area contributed by atoms with Gasteiger partial charge in [-0.2, -0.15) is 5.10 Å². The molecule has 35 heavy (non-hydrogen) atoms. The molecule has 0 saturated carbocycles. The number of nitrogens with zero attached hydrogens (tertiary/aromatic N) is 2. The molecule has 8 N–H and O–H groups in total. The lowest BCUT2D eigenvalue weighted by molar-refractivity contribution is 0.871. The lowest BCUT2D eigenvalue weighted by Gasteiger charge is -2.19. The Bertz CT molecular complexity index is 1690. The maximum atomic E-state index is 13.2. The van der Waals surface area contributed by atoms with Gasteiger partial charge in [-0.15, -0.1) is 11.3 Å². The molecular weight excluding hydrogens is 504 g/mol. The SMILES string of the molecule is Nc1[nH]c(=S)[nH]c(=O)c1C(c1cn(-c2ccccc2)nc1-c1cccs1)c1c(N)[nH]c(=S)[nH]c1=O. The van der Waals surface area contributed by atoms with Gasteiger partial charge in [0.15, 0.2) is 9.54 Å². The van der Waals surface area contributed by atoms with Crippen molar-refractivity contribution in [2.24, 2.45) is 0 Å². The van der Waals surface area contributed by atoms with Gasteiger partial charge in [0.05, 0.1) is 27.6 Å². The molecule has 5 aromatic rings. The van der Waals surface area contributed by atoms with E-state index in [1.165, 1.54) is 11.3 Å². The number of aromatic amines is 4. The molecule has 0 unspecified atom stereocenters. The minimum Gasteiger partial charge on any atom is -0.385 e. The van der Waals surface area contributed by atoms with E-state index in [2.05, 4.69) is 19.9 Å². The predicted octanol–water partition coefficient (Wildman–Crippen LogP) is 3.44. The van der Waals surface area contributed by atoms with Gasteiger partial charge in [-0.1, -0.05) is 24.3 Å². The molecule has 0 bridgehead atoms. The second kappa shape index (κ2) is 8.94. The Kier molecular flexibility index (Phi) is 5.80. The second-order valence-corrected chi connectivity index (χ2v) is 9.36. The molecule has 176 valence electrons. The smallest absolute Gasteiger partial charge is 0.257 e. The van der Waals surface area contributed by atoms with Gasteiger partial charge in [-0.3, -0.25) is 19.6 Å². The number of aromatic nitrogens is 6. The van der Waals surface area contributed by atoms with Gasteiger partial charge in [0.1, 0.15) is 17.3 Å². The maximum Gasteiger partial charge on any atom is 0.257 e. The highest BCUT2D eigenvalue weighted by Crippen LogP contribution is 2.39. The van der Waals surface area contributed by atoms with E-state index in [4.69, 9.17) is 41.0 Å². The number of benzene rings is 1. The summed E-state index contributed by atoms with van der Waals surface area (Å²) in [7, 11) is 0. The molecule has 0 spiro atoms. The van der Waals surface area contributed by atoms with Crippen LogP contribution in [-0.4, -0.2) is 29.7 Å². The van der Waals surface area contributed by atoms with Crippen molar-refractivity contribution in [2.75, 3.05) is 11.5 Å². The highest BCUT2D eigenvalue weighted by molar-refractivity contribution is 7.71. The van der Waals surface area contributed by atoms with Crippen LogP contribution in [0.15, 0.2) is 63.6 Å². The monoisotopic (exact) mass is 522 g/mol. The molecule has 0 saturated heterocycles. The highest BCUT2D eigenvalue weighted by Gasteiger charge is 2.32. The number of rotatable bonds is 5. The van der Waals surface area contributed by atoms with Crippen molar-refractivity contribution in [1.29, 1.82) is 0 Å². The van der Waals surface area contributed by atoms with Gasteiger partial charge >= 0.3 is 0 Å². The quantitative estimate of drug-likeness (QED) is 0.192. The number of hydrogen-bond donors (Lipinski definition) is 6. The molecule has 5 rings (SSSR count). The number of thiophene rings is 1. The lowest BCUT2D eigenvalue weighted by atomic mass is 9.86. The Balaban J connectivity index is 1.90. The van der Waals surface area contributed by atoms with Gasteiger partial charge in [-0.25, -0.2) is 4.68 Å². The molecule has 10 nitrogen and oxygen atoms in total. The molecule has 4 aromatic heterocycles. The molecule has 13 heteroatoms. The van der Waals surface area contributed by atoms with Gasteiger partial charge in [0, 0.05) is 11.8 Å². The Hall–Kier alpha value is -4.07. The number of hydrogen-bond acceptors (Lipinski definition) is 8. The molecule has 4 heterocycles. The summed E-state index contributed by atoms with van der Waals surface area (Å²) in [6.07, 6.45) is 1.76. The Morgan fingerprint density at radius 3 is 1.97 bits per heavy atom. The van der Waals surface area contributed by atoms with Crippen LogP contribution in [0.3, 0.4) is 0 Å². The highest BCUT2D eigenvalue weighted by atomic mass is 32.1. The van der Waals surface area contributed by atoms with Crippen LogP contribution in [0.1, 0.15) is 22.6 Å². The summed E-state index contributed by atoms with van der Waals surface area (Å²) in [6, 6.07) is 13.3. The number of nitrogen functional groups attached to an aromatic ring is 2. The molecule has 0 radical (unpaired) electrons. The summed E-state index contributed by atoms with van der Waals surface area (Å²) in [5, 5.41) is 6.72. The van der Waals surface area contributed by atoms with E-state index < -0.39 is 17.0 Å². The average molecular weight is 523 g/mol. The minimum atomic E-state index is -1.00. The second-order valence-electron chi connectivity index (χ2n) is 7.59. The van der Waals surface area contributed by atoms with Crippen molar-refractivity contribution < 1.29 is 0 Å². The fraction of sp³-hybridized carbons (Fsp3) is 0.0455. The third-order valence-corrected chi connectivity index (χ3v) is 6.71. The van der Waals surface area contributed by atoms with Crippen molar-refractivity contribution in [3.05, 3.63) is 101 Å². The largest absolute Gasteiger partial charge is 0.385 e. The maximum absolute atomic E-state index is 13.2. The first-order valence-electron chi connectivity index (χ1n) is 10.3. The van der Waals surface area contributed by atoms with Crippen LogP contribution < -0.4 is 22.6 Å². The molecule has 0 aliphatic rings. The van der Waals surface area contributed by atoms with Crippen molar-refractivity contribution in [3.8, 4) is 16.3 Å². The zero-order valence-electron chi connectivity index (χ0n) is 17.9. The van der Waals surface area contributed by atoms with Crippen LogP contribution in [0.5, 0.6) is 0 Å². The summed E-state index contributed by atoms with van der Waals surface area (Å²) >= 11 is 11.6. The topological polar surface area (TPSA) is 167 Å². The van der Waals surface area contributed by atoms with Gasteiger partial charge < -0.3 is 21.4 Å². The van der Waals surface area contributed by atoms with Crippen LogP contribution in [0.25, 0.3) is 16.3 Å². The van der Waals surface area contributed by atoms with Gasteiger partial charge in [0.2, 0.25) is 0 Å². The number of para-hydroxylation sites is 1. The Morgan fingerprint density at radius 2 is 1.46 bits per heavy atom. The normalized spacial score (nSPS) is 11.2. The van der Waals surface area contributed by atoms with Crippen LogP contribution in [-0.2, 0) is 0 Å². The van der Waals surface area contributed by atoms with E-state index in [1.54, 1.807) is 10.9 Å². The van der Waals surface area contributed by atoms with Crippen LogP contribution >= 0.6 is 35.8 Å². The molecule has 0 aliphatic heterocycles. The number of anilines is 2. The van der Waals surface area contributed by atoms with Crippen LogP contribution in [0.4, 0.5) is 11.6 Å². The van der Waals surface area contributed by atoms with Gasteiger partial charge in [0.25, 0.3) is 11.1 Å². The first-order valence-corrected chi connectivity index (χ1v) is 12.0. The van der Waals surface area contributed by atoms with E-state index >= 15 is 0 Å². The summed E-state index contributed by atoms with van der Waals surface area (Å²) < 4.78 is 1.80. The molecule has 0 amide bonds. The third-order valence-electron chi connectivity index (χ3n) is 5.43. The number of nitrogens with one attached hydrogen (secondary N) is 4. The van der Waals surface area contributed by atoms with Crippen molar-refractivity contribution in [2.45, 2.75) is 5.92 Å². The Labute approximate surface area is 211 Å². The third kappa shape index (κ3) is 4.16. The first kappa shape index (κ1) is 22.7. The number of nitrogens with two attached hydrogens (primary N) is 2. The standard InChI is InChI=1S/C22H18N8O2S3/c23-17-14(19(31)27-21(33)25-17)13(15-18(24)26-22(34)28-20(15)32)11-9-30(10-5-2-1-3-6-10)29-16(11)12-7-4-8-35-12/h1-9,13H,(H4,23,25,27,31,33)(H4,24,26,28,32,34). The fourth-order valence-corrected chi connectivity index (χ4v) is 5.11. The first-order chi connectivity index (χ1) is 16.8. The molecule has 0 aliphatic carbocycles. The predicted molar refractivity (Wildman–Crippen MR) is 141 cm³/mol. The van der Waals surface area contributed by atoms with E-state index in [-0.39, 0.29) is 32.3 Å². The summed E-state index contributed by atoms with van der Waals surface area (Å²) in [5.74, 6) is -0.986. The van der Waals surface area contributed by atoms with E-state index in [0.29, 0.717) is 11.3 Å². The summed E-state index contributed by atoms with van der Waals surface area (Å²) in [4.78, 5) is 37.9. The summed E-state index contributed by atoms with van der Waals surface area (Å²) in [5.41, 5.74) is 13.5. The average Bonchev–Trinajstić information content (AvgIpc) is 3.47. The van der Waals surface area contributed by atoms with Crippen molar-refractivity contribution in [1.82, 2.24) is 29.7 Å². The number of H-pyrrole nitrogens is 4. The van der Waals surface area contributed by atoms with Gasteiger partial charge in [-0.05, 0) is 48.0 Å². The zero-order chi connectivity index (χ0) is 24.7. The Morgan fingerprint density at radius 1 is 0.857 bits per heavy atom. The summed E-state index contributed by atoms with van der Waals surface area (Å²) in [6.45, 7) is 0. The van der Waals surface area contributed by atoms with Crippen LogP contribution in [0.2, 0.25) is 0 Å². The van der Waals surface area contributed by atoms with Crippen molar-refractivity contribution >= 4 is 47.4 Å². The minimum absolute atomic E-state index is 0.00888. The lowest BCUT2D eigenvalue weighted by Crippen LogP contribution is -2.28.